The smallest absolute Gasteiger partial charge is 0.253 e. The summed E-state index contributed by atoms with van der Waals surface area (Å²) in [4.78, 5) is 24.1. The van der Waals surface area contributed by atoms with Crippen LogP contribution < -0.4 is 5.73 Å². The maximum absolute atomic E-state index is 11.6. The zero-order valence-corrected chi connectivity index (χ0v) is 7.56. The van der Waals surface area contributed by atoms with Crippen molar-refractivity contribution >= 4 is 11.8 Å². The van der Waals surface area contributed by atoms with Crippen LogP contribution in [0.1, 0.15) is 20.7 Å². The molecule has 0 aromatic heterocycles. The summed E-state index contributed by atoms with van der Waals surface area (Å²) >= 11 is 0. The van der Waals surface area contributed by atoms with Crippen molar-refractivity contribution in [1.29, 1.82) is 0 Å². The zero-order valence-electron chi connectivity index (χ0n) is 7.56. The highest BCUT2D eigenvalue weighted by Crippen LogP contribution is 2.13. The molecular weight excluding hydrogens is 180 g/mol. The number of hydrogen-bond donors (Lipinski definition) is 1. The van der Waals surface area contributed by atoms with Gasteiger partial charge in [0, 0.05) is 24.2 Å². The first-order chi connectivity index (χ1) is 6.68. The van der Waals surface area contributed by atoms with Crippen LogP contribution in [0.3, 0.4) is 0 Å². The molecule has 2 N–H and O–H groups in total. The highest BCUT2D eigenvalue weighted by Gasteiger charge is 2.25. The molecule has 1 fully saturated rings. The maximum Gasteiger partial charge on any atom is 0.253 e. The van der Waals surface area contributed by atoms with Crippen molar-refractivity contribution in [3.8, 4) is 0 Å². The molecule has 0 unspecified atom stereocenters. The topological polar surface area (TPSA) is 63.2 Å². The molecule has 1 saturated heterocycles. The van der Waals surface area contributed by atoms with Crippen LogP contribution in [0, 0.1) is 0 Å². The Balaban J connectivity index is 2.29. The Morgan fingerprint density at radius 3 is 2.43 bits per heavy atom. The van der Waals surface area contributed by atoms with Gasteiger partial charge in [-0.25, -0.2) is 0 Å². The Morgan fingerprint density at radius 2 is 1.86 bits per heavy atom. The Kier molecular flexibility index (Phi) is 1.96. The van der Waals surface area contributed by atoms with Gasteiger partial charge in [0.05, 0.1) is 0 Å². The lowest BCUT2D eigenvalue weighted by Crippen LogP contribution is -2.14. The number of nitrogens with zero attached hydrogens (tertiary/aromatic N) is 1. The van der Waals surface area contributed by atoms with E-state index in [0.29, 0.717) is 11.1 Å². The fourth-order valence-electron chi connectivity index (χ4n) is 1.24. The fraction of sp³-hybridized carbons (Fsp3) is 0.200. The molecule has 0 atom stereocenters. The molecule has 2 amide bonds. The summed E-state index contributed by atoms with van der Waals surface area (Å²) in [6, 6.07) is 6.48. The molecule has 1 aromatic rings. The highest BCUT2D eigenvalue weighted by atomic mass is 16.2. The Hall–Kier alpha value is -1.84. The van der Waals surface area contributed by atoms with Crippen molar-refractivity contribution in [2.75, 3.05) is 13.1 Å². The molecule has 4 nitrogen and oxygen atoms in total. The van der Waals surface area contributed by atoms with Crippen molar-refractivity contribution in [3.05, 3.63) is 35.4 Å². The monoisotopic (exact) mass is 190 g/mol. The number of benzene rings is 1. The molecule has 14 heavy (non-hydrogen) atoms. The summed E-state index contributed by atoms with van der Waals surface area (Å²) in [7, 11) is 0. The normalized spacial score (nSPS) is 13.9. The van der Waals surface area contributed by atoms with Crippen molar-refractivity contribution < 1.29 is 9.59 Å². The lowest BCUT2D eigenvalue weighted by Gasteiger charge is -2.02. The Labute approximate surface area is 81.3 Å². The zero-order chi connectivity index (χ0) is 10.1. The molecule has 0 radical (unpaired) electrons. The number of primary amides is 1. The number of rotatable bonds is 2. The summed E-state index contributed by atoms with van der Waals surface area (Å²) < 4.78 is 0. The lowest BCUT2D eigenvalue weighted by molar-refractivity contribution is 0.0885. The molecule has 2 rings (SSSR count). The third-order valence-corrected chi connectivity index (χ3v) is 2.13. The van der Waals surface area contributed by atoms with E-state index in [-0.39, 0.29) is 5.91 Å². The first-order valence-electron chi connectivity index (χ1n) is 4.37. The predicted octanol–water partition coefficient (Wildman–Crippen LogP) is 0.241. The maximum atomic E-state index is 11.6. The van der Waals surface area contributed by atoms with Crippen LogP contribution in [-0.4, -0.2) is 29.8 Å². The van der Waals surface area contributed by atoms with Crippen molar-refractivity contribution in [2.24, 2.45) is 5.73 Å². The Morgan fingerprint density at radius 1 is 1.21 bits per heavy atom. The number of carbonyl (C=O) groups excluding carboxylic acids is 2. The van der Waals surface area contributed by atoms with E-state index in [1.54, 1.807) is 23.1 Å². The van der Waals surface area contributed by atoms with Gasteiger partial charge in [-0.15, -0.1) is 0 Å². The Bertz CT molecular complexity index is 397. The molecule has 1 aromatic carbocycles. The van der Waals surface area contributed by atoms with Crippen molar-refractivity contribution in [1.82, 2.24) is 4.90 Å². The van der Waals surface area contributed by atoms with Crippen LogP contribution in [0.2, 0.25) is 0 Å². The van der Waals surface area contributed by atoms with Gasteiger partial charge in [-0.2, -0.15) is 0 Å². The second kappa shape index (κ2) is 3.14. The fourth-order valence-corrected chi connectivity index (χ4v) is 1.24. The van der Waals surface area contributed by atoms with E-state index in [1.807, 2.05) is 0 Å². The van der Waals surface area contributed by atoms with Crippen molar-refractivity contribution in [2.45, 2.75) is 0 Å². The van der Waals surface area contributed by atoms with Crippen LogP contribution in [0.4, 0.5) is 0 Å². The molecule has 0 saturated carbocycles. The van der Waals surface area contributed by atoms with E-state index in [4.69, 9.17) is 5.73 Å². The van der Waals surface area contributed by atoms with E-state index >= 15 is 0 Å². The minimum Gasteiger partial charge on any atom is -0.366 e. The largest absolute Gasteiger partial charge is 0.366 e. The van der Waals surface area contributed by atoms with Crippen LogP contribution in [-0.2, 0) is 0 Å². The number of amides is 2. The second-order valence-corrected chi connectivity index (χ2v) is 3.24. The summed E-state index contributed by atoms with van der Waals surface area (Å²) in [6.45, 7) is 1.61. The minimum atomic E-state index is -0.509. The standard InChI is InChI=1S/C10H10N2O2/c11-9(13)7-2-1-3-8(6-7)10(14)12-4-5-12/h1-3,6H,4-5H2,(H2,11,13). The van der Waals surface area contributed by atoms with Gasteiger partial charge in [-0.1, -0.05) is 6.07 Å². The van der Waals surface area contributed by atoms with Crippen molar-refractivity contribution in [3.63, 3.8) is 0 Å². The van der Waals surface area contributed by atoms with Gasteiger partial charge in [-0.05, 0) is 18.2 Å². The highest BCUT2D eigenvalue weighted by molar-refractivity contribution is 5.99. The predicted molar refractivity (Wildman–Crippen MR) is 50.9 cm³/mol. The first kappa shape index (κ1) is 8.74. The van der Waals surface area contributed by atoms with Crippen LogP contribution >= 0.6 is 0 Å². The molecule has 1 aliphatic heterocycles. The van der Waals surface area contributed by atoms with Gasteiger partial charge in [0.1, 0.15) is 0 Å². The van der Waals surface area contributed by atoms with Crippen LogP contribution in [0.5, 0.6) is 0 Å². The molecule has 1 heterocycles. The number of hydrogen-bond acceptors (Lipinski definition) is 2. The number of nitrogens with two attached hydrogens (primary N) is 1. The average molecular weight is 190 g/mol. The summed E-state index contributed by atoms with van der Waals surface area (Å²) in [5.41, 5.74) is 6.01. The van der Waals surface area contributed by atoms with E-state index in [2.05, 4.69) is 0 Å². The first-order valence-corrected chi connectivity index (χ1v) is 4.37. The molecule has 1 aliphatic rings. The third kappa shape index (κ3) is 1.59. The molecule has 72 valence electrons. The van der Waals surface area contributed by atoms with Gasteiger partial charge < -0.3 is 10.6 Å². The number of carbonyl (C=O) groups is 2. The molecule has 0 spiro atoms. The second-order valence-electron chi connectivity index (χ2n) is 3.24. The summed E-state index contributed by atoms with van der Waals surface area (Å²) in [6.07, 6.45) is 0. The van der Waals surface area contributed by atoms with E-state index < -0.39 is 5.91 Å². The molecular formula is C10H10N2O2. The van der Waals surface area contributed by atoms with Gasteiger partial charge in [0.25, 0.3) is 5.91 Å². The van der Waals surface area contributed by atoms with Crippen LogP contribution in [0.15, 0.2) is 24.3 Å². The lowest BCUT2D eigenvalue weighted by atomic mass is 10.1. The van der Waals surface area contributed by atoms with E-state index in [9.17, 15) is 9.59 Å². The van der Waals surface area contributed by atoms with E-state index in [1.165, 1.54) is 6.07 Å². The van der Waals surface area contributed by atoms with E-state index in [0.717, 1.165) is 13.1 Å². The quantitative estimate of drug-likeness (QED) is 0.679. The van der Waals surface area contributed by atoms with Gasteiger partial charge >= 0.3 is 0 Å². The van der Waals surface area contributed by atoms with Gasteiger partial charge in [-0.3, -0.25) is 9.59 Å². The van der Waals surface area contributed by atoms with Gasteiger partial charge in [0.2, 0.25) is 5.91 Å². The average Bonchev–Trinajstić information content (AvgIpc) is 3.00. The summed E-state index contributed by atoms with van der Waals surface area (Å²) in [5.74, 6) is -0.543. The van der Waals surface area contributed by atoms with Crippen LogP contribution in [0.25, 0.3) is 0 Å². The third-order valence-electron chi connectivity index (χ3n) is 2.13. The molecule has 0 aliphatic carbocycles. The SMILES string of the molecule is NC(=O)c1cccc(C(=O)N2CC2)c1. The summed E-state index contributed by atoms with van der Waals surface area (Å²) in [5, 5.41) is 0. The molecule has 4 heteroatoms. The molecule has 0 bridgehead atoms. The minimum absolute atomic E-state index is 0.0342. The van der Waals surface area contributed by atoms with Gasteiger partial charge in [0.15, 0.2) is 0 Å².